The third-order valence-corrected chi connectivity index (χ3v) is 2.61. The highest BCUT2D eigenvalue weighted by molar-refractivity contribution is 5.36. The molecule has 18 heavy (non-hydrogen) atoms. The smallest absolute Gasteiger partial charge is 0.382 e. The van der Waals surface area contributed by atoms with Gasteiger partial charge in [0.15, 0.2) is 0 Å². The lowest BCUT2D eigenvalue weighted by atomic mass is 9.99. The Labute approximate surface area is 100 Å². The number of hydrogen-bond donors (Lipinski definition) is 2. The summed E-state index contributed by atoms with van der Waals surface area (Å²) in [5.41, 5.74) is 0.242. The standard InChI is InChI=1S/C11H10F3N3O/c1-6-4-7(11(12,13)14)2-3-8(6)10(18)9-5-15-17-16-9/h2-5,10,18H,1H3,(H,15,16,17). The average Bonchev–Trinajstić information content (AvgIpc) is 2.80. The number of aromatic amines is 1. The molecule has 1 aromatic heterocycles. The zero-order valence-corrected chi connectivity index (χ0v) is 9.36. The molecule has 0 aliphatic carbocycles. The summed E-state index contributed by atoms with van der Waals surface area (Å²) in [6.45, 7) is 1.51. The molecule has 0 fully saturated rings. The average molecular weight is 257 g/mol. The van der Waals surface area contributed by atoms with Crippen molar-refractivity contribution in [1.82, 2.24) is 15.4 Å². The molecule has 2 N–H and O–H groups in total. The lowest BCUT2D eigenvalue weighted by Crippen LogP contribution is -2.08. The Balaban J connectivity index is 2.36. The molecular weight excluding hydrogens is 247 g/mol. The number of halogens is 3. The third-order valence-electron chi connectivity index (χ3n) is 2.61. The summed E-state index contributed by atoms with van der Waals surface area (Å²) in [6, 6.07) is 3.18. The zero-order valence-electron chi connectivity index (χ0n) is 9.36. The highest BCUT2D eigenvalue weighted by atomic mass is 19.4. The Morgan fingerprint density at radius 3 is 2.56 bits per heavy atom. The van der Waals surface area contributed by atoms with Crippen LogP contribution in [0.2, 0.25) is 0 Å². The summed E-state index contributed by atoms with van der Waals surface area (Å²) in [5, 5.41) is 19.5. The highest BCUT2D eigenvalue weighted by Gasteiger charge is 2.31. The number of H-pyrrole nitrogens is 1. The van der Waals surface area contributed by atoms with Crippen LogP contribution in [0.4, 0.5) is 13.2 Å². The van der Waals surface area contributed by atoms with E-state index < -0.39 is 17.8 Å². The van der Waals surface area contributed by atoms with E-state index in [1.54, 1.807) is 0 Å². The monoisotopic (exact) mass is 257 g/mol. The van der Waals surface area contributed by atoms with Crippen molar-refractivity contribution in [1.29, 1.82) is 0 Å². The van der Waals surface area contributed by atoms with Crippen LogP contribution in [0.5, 0.6) is 0 Å². The second-order valence-corrected chi connectivity index (χ2v) is 3.87. The first-order valence-corrected chi connectivity index (χ1v) is 5.11. The third kappa shape index (κ3) is 2.35. The van der Waals surface area contributed by atoms with Gasteiger partial charge in [-0.15, -0.1) is 0 Å². The molecule has 0 bridgehead atoms. The molecule has 0 aliphatic rings. The Bertz CT molecular complexity index is 537. The molecule has 0 saturated heterocycles. The Kier molecular flexibility index (Phi) is 3.08. The normalized spacial score (nSPS) is 13.6. The molecule has 0 saturated carbocycles. The predicted molar refractivity (Wildman–Crippen MR) is 56.6 cm³/mol. The van der Waals surface area contributed by atoms with Crippen molar-refractivity contribution in [3.05, 3.63) is 46.8 Å². The van der Waals surface area contributed by atoms with E-state index in [1.807, 2.05) is 0 Å². The number of nitrogens with one attached hydrogen (secondary N) is 1. The number of nitrogens with zero attached hydrogens (tertiary/aromatic N) is 2. The first-order valence-electron chi connectivity index (χ1n) is 5.11. The minimum atomic E-state index is -4.39. The summed E-state index contributed by atoms with van der Waals surface area (Å²) in [7, 11) is 0. The Hall–Kier alpha value is -1.89. The highest BCUT2D eigenvalue weighted by Crippen LogP contribution is 2.32. The number of alkyl halides is 3. The minimum Gasteiger partial charge on any atom is -0.382 e. The maximum atomic E-state index is 12.5. The summed E-state index contributed by atoms with van der Waals surface area (Å²) >= 11 is 0. The van der Waals surface area contributed by atoms with Crippen LogP contribution in [0, 0.1) is 6.92 Å². The van der Waals surface area contributed by atoms with Crippen LogP contribution in [-0.4, -0.2) is 20.5 Å². The van der Waals surface area contributed by atoms with Crippen molar-refractivity contribution >= 4 is 0 Å². The summed E-state index contributed by atoms with van der Waals surface area (Å²) in [6.07, 6.45) is -4.16. The summed E-state index contributed by atoms with van der Waals surface area (Å²) < 4.78 is 37.5. The second kappa shape index (κ2) is 4.41. The summed E-state index contributed by atoms with van der Waals surface area (Å²) in [4.78, 5) is 0. The fraction of sp³-hybridized carbons (Fsp3) is 0.273. The lowest BCUT2D eigenvalue weighted by molar-refractivity contribution is -0.137. The van der Waals surface area contributed by atoms with Crippen molar-refractivity contribution in [2.24, 2.45) is 0 Å². The molecule has 0 aliphatic heterocycles. The predicted octanol–water partition coefficient (Wildman–Crippen LogP) is 2.21. The van der Waals surface area contributed by atoms with Crippen LogP contribution in [0.3, 0.4) is 0 Å². The van der Waals surface area contributed by atoms with E-state index in [0.717, 1.165) is 12.1 Å². The van der Waals surface area contributed by atoms with E-state index >= 15 is 0 Å². The first-order chi connectivity index (χ1) is 8.39. The molecule has 2 aromatic rings. The number of aryl methyl sites for hydroxylation is 1. The van der Waals surface area contributed by atoms with Gasteiger partial charge >= 0.3 is 6.18 Å². The van der Waals surface area contributed by atoms with Crippen LogP contribution in [-0.2, 0) is 6.18 Å². The molecule has 2 rings (SSSR count). The van der Waals surface area contributed by atoms with Crippen LogP contribution >= 0.6 is 0 Å². The van der Waals surface area contributed by atoms with Gasteiger partial charge in [-0.3, -0.25) is 0 Å². The molecular formula is C11H10F3N3O. The molecule has 0 spiro atoms. The van der Waals surface area contributed by atoms with Crippen LogP contribution < -0.4 is 0 Å². The molecule has 1 aromatic carbocycles. The molecule has 96 valence electrons. The summed E-state index contributed by atoms with van der Waals surface area (Å²) in [5.74, 6) is 0. The fourth-order valence-corrected chi connectivity index (χ4v) is 1.66. The van der Waals surface area contributed by atoms with Gasteiger partial charge in [0.1, 0.15) is 11.8 Å². The van der Waals surface area contributed by atoms with Crippen molar-refractivity contribution in [3.63, 3.8) is 0 Å². The largest absolute Gasteiger partial charge is 0.416 e. The van der Waals surface area contributed by atoms with Gasteiger partial charge in [0.2, 0.25) is 0 Å². The molecule has 7 heteroatoms. The second-order valence-electron chi connectivity index (χ2n) is 3.87. The number of aliphatic hydroxyl groups is 1. The fourth-order valence-electron chi connectivity index (χ4n) is 1.66. The molecule has 0 radical (unpaired) electrons. The van der Waals surface area contributed by atoms with Crippen LogP contribution in [0.25, 0.3) is 0 Å². The van der Waals surface area contributed by atoms with E-state index in [0.29, 0.717) is 11.1 Å². The van der Waals surface area contributed by atoms with Crippen LogP contribution in [0.15, 0.2) is 24.4 Å². The minimum absolute atomic E-state index is 0.262. The van der Waals surface area contributed by atoms with Gasteiger partial charge in [-0.1, -0.05) is 6.07 Å². The lowest BCUT2D eigenvalue weighted by Gasteiger charge is -2.14. The SMILES string of the molecule is Cc1cc(C(F)(F)F)ccc1C(O)c1cn[nH]n1. The Morgan fingerprint density at radius 1 is 1.33 bits per heavy atom. The maximum Gasteiger partial charge on any atom is 0.416 e. The van der Waals surface area contributed by atoms with Gasteiger partial charge in [0.25, 0.3) is 0 Å². The topological polar surface area (TPSA) is 61.8 Å². The number of aliphatic hydroxyl groups excluding tert-OH is 1. The number of aromatic nitrogens is 3. The maximum absolute atomic E-state index is 12.5. The van der Waals surface area contributed by atoms with Crippen molar-refractivity contribution in [2.45, 2.75) is 19.2 Å². The van der Waals surface area contributed by atoms with E-state index in [1.165, 1.54) is 19.2 Å². The van der Waals surface area contributed by atoms with Crippen LogP contribution in [0.1, 0.15) is 28.5 Å². The molecule has 4 nitrogen and oxygen atoms in total. The quantitative estimate of drug-likeness (QED) is 0.867. The zero-order chi connectivity index (χ0) is 13.3. The van der Waals surface area contributed by atoms with Gasteiger partial charge in [-0.05, 0) is 30.2 Å². The van der Waals surface area contributed by atoms with Crippen molar-refractivity contribution in [3.8, 4) is 0 Å². The molecule has 1 atom stereocenters. The Morgan fingerprint density at radius 2 is 2.06 bits per heavy atom. The molecule has 1 unspecified atom stereocenters. The number of rotatable bonds is 2. The number of benzene rings is 1. The van der Waals surface area contributed by atoms with Gasteiger partial charge in [-0.25, -0.2) is 0 Å². The van der Waals surface area contributed by atoms with E-state index in [9.17, 15) is 18.3 Å². The van der Waals surface area contributed by atoms with E-state index in [2.05, 4.69) is 15.4 Å². The first kappa shape index (κ1) is 12.6. The van der Waals surface area contributed by atoms with Crippen molar-refractivity contribution in [2.75, 3.05) is 0 Å². The van der Waals surface area contributed by atoms with E-state index in [-0.39, 0.29) is 5.69 Å². The van der Waals surface area contributed by atoms with Gasteiger partial charge in [0.05, 0.1) is 11.8 Å². The van der Waals surface area contributed by atoms with E-state index in [4.69, 9.17) is 0 Å². The van der Waals surface area contributed by atoms with Gasteiger partial charge < -0.3 is 5.11 Å². The molecule has 1 heterocycles. The number of hydrogen-bond acceptors (Lipinski definition) is 3. The van der Waals surface area contributed by atoms with Gasteiger partial charge in [-0.2, -0.15) is 28.6 Å². The molecule has 0 amide bonds. The van der Waals surface area contributed by atoms with Crippen molar-refractivity contribution < 1.29 is 18.3 Å². The van der Waals surface area contributed by atoms with Gasteiger partial charge in [0, 0.05) is 0 Å².